The standard InChI is InChI=1S/C12H16BrFN2O/c1-2-3-6-15-12(17)8-16-11-5-4-9(13)7-10(11)14/h4-5,7,16H,2-3,6,8H2,1H3,(H,15,17). The molecule has 1 aromatic carbocycles. The third-order valence-electron chi connectivity index (χ3n) is 2.22. The summed E-state index contributed by atoms with van der Waals surface area (Å²) in [5.74, 6) is -0.499. The fourth-order valence-corrected chi connectivity index (χ4v) is 1.61. The van der Waals surface area contributed by atoms with Crippen molar-refractivity contribution in [1.29, 1.82) is 0 Å². The first-order chi connectivity index (χ1) is 8.13. The average Bonchev–Trinajstić information content (AvgIpc) is 2.28. The summed E-state index contributed by atoms with van der Waals surface area (Å²) in [6.45, 7) is 2.81. The lowest BCUT2D eigenvalue weighted by atomic mass is 10.3. The number of anilines is 1. The number of benzene rings is 1. The van der Waals surface area contributed by atoms with Crippen molar-refractivity contribution in [2.75, 3.05) is 18.4 Å². The van der Waals surface area contributed by atoms with Gasteiger partial charge < -0.3 is 10.6 Å². The zero-order valence-corrected chi connectivity index (χ0v) is 11.3. The van der Waals surface area contributed by atoms with E-state index < -0.39 is 0 Å². The van der Waals surface area contributed by atoms with Crippen LogP contribution in [0.4, 0.5) is 10.1 Å². The molecule has 0 bridgehead atoms. The molecule has 2 N–H and O–H groups in total. The molecule has 0 aromatic heterocycles. The van der Waals surface area contributed by atoms with Crippen LogP contribution in [-0.4, -0.2) is 19.0 Å². The van der Waals surface area contributed by atoms with Gasteiger partial charge >= 0.3 is 0 Å². The van der Waals surface area contributed by atoms with E-state index in [1.54, 1.807) is 12.1 Å². The first-order valence-electron chi connectivity index (χ1n) is 5.59. The highest BCUT2D eigenvalue weighted by atomic mass is 79.9. The fraction of sp³-hybridized carbons (Fsp3) is 0.417. The molecule has 0 aliphatic heterocycles. The molecule has 0 spiro atoms. The normalized spacial score (nSPS) is 10.1. The Bertz CT molecular complexity index is 385. The van der Waals surface area contributed by atoms with E-state index in [4.69, 9.17) is 0 Å². The molecular formula is C12H16BrFN2O. The van der Waals surface area contributed by atoms with E-state index in [-0.39, 0.29) is 18.3 Å². The summed E-state index contributed by atoms with van der Waals surface area (Å²) >= 11 is 3.17. The summed E-state index contributed by atoms with van der Waals surface area (Å²) in [6.07, 6.45) is 1.99. The predicted octanol–water partition coefficient (Wildman–Crippen LogP) is 2.92. The second-order valence-electron chi connectivity index (χ2n) is 3.68. The fourth-order valence-electron chi connectivity index (χ4n) is 1.28. The minimum absolute atomic E-state index is 0.0856. The molecule has 0 unspecified atom stereocenters. The maximum Gasteiger partial charge on any atom is 0.239 e. The van der Waals surface area contributed by atoms with Gasteiger partial charge in [0.25, 0.3) is 0 Å². The predicted molar refractivity (Wildman–Crippen MR) is 70.5 cm³/mol. The molecule has 0 atom stereocenters. The maximum absolute atomic E-state index is 13.4. The van der Waals surface area contributed by atoms with Gasteiger partial charge in [-0.1, -0.05) is 29.3 Å². The summed E-state index contributed by atoms with van der Waals surface area (Å²) < 4.78 is 14.1. The van der Waals surface area contributed by atoms with Crippen molar-refractivity contribution in [1.82, 2.24) is 5.32 Å². The summed E-state index contributed by atoms with van der Waals surface area (Å²) in [5.41, 5.74) is 0.332. The third-order valence-corrected chi connectivity index (χ3v) is 2.72. The van der Waals surface area contributed by atoms with Crippen molar-refractivity contribution < 1.29 is 9.18 Å². The number of rotatable bonds is 6. The SMILES string of the molecule is CCCCNC(=O)CNc1ccc(Br)cc1F. The van der Waals surface area contributed by atoms with E-state index in [1.807, 2.05) is 0 Å². The van der Waals surface area contributed by atoms with E-state index >= 15 is 0 Å². The first kappa shape index (κ1) is 14.0. The van der Waals surface area contributed by atoms with Gasteiger partial charge in [-0.05, 0) is 24.6 Å². The minimum Gasteiger partial charge on any atom is -0.374 e. The van der Waals surface area contributed by atoms with Crippen LogP contribution in [0.15, 0.2) is 22.7 Å². The Balaban J connectivity index is 2.37. The van der Waals surface area contributed by atoms with Crippen molar-refractivity contribution >= 4 is 27.5 Å². The number of amides is 1. The van der Waals surface area contributed by atoms with E-state index in [0.29, 0.717) is 16.7 Å². The van der Waals surface area contributed by atoms with E-state index in [0.717, 1.165) is 12.8 Å². The topological polar surface area (TPSA) is 41.1 Å². The second kappa shape index (κ2) is 7.27. The lowest BCUT2D eigenvalue weighted by Gasteiger charge is -2.08. The molecule has 17 heavy (non-hydrogen) atoms. The molecule has 1 rings (SSSR count). The van der Waals surface area contributed by atoms with Crippen molar-refractivity contribution in [3.8, 4) is 0 Å². The minimum atomic E-state index is -0.374. The zero-order chi connectivity index (χ0) is 12.7. The lowest BCUT2D eigenvalue weighted by molar-refractivity contribution is -0.119. The summed E-state index contributed by atoms with van der Waals surface area (Å²) in [4.78, 5) is 11.4. The Hall–Kier alpha value is -1.10. The molecule has 1 amide bonds. The molecule has 0 aliphatic rings. The van der Waals surface area contributed by atoms with Crippen molar-refractivity contribution in [3.05, 3.63) is 28.5 Å². The number of hydrogen-bond donors (Lipinski definition) is 2. The van der Waals surface area contributed by atoms with E-state index in [2.05, 4.69) is 33.5 Å². The molecule has 94 valence electrons. The van der Waals surface area contributed by atoms with Crippen molar-refractivity contribution in [2.24, 2.45) is 0 Å². The second-order valence-corrected chi connectivity index (χ2v) is 4.60. The van der Waals surface area contributed by atoms with Gasteiger partial charge in [-0.15, -0.1) is 0 Å². The molecule has 0 heterocycles. The van der Waals surface area contributed by atoms with Crippen molar-refractivity contribution in [2.45, 2.75) is 19.8 Å². The number of hydrogen-bond acceptors (Lipinski definition) is 2. The number of unbranched alkanes of at least 4 members (excludes halogenated alkanes) is 1. The van der Waals surface area contributed by atoms with Crippen molar-refractivity contribution in [3.63, 3.8) is 0 Å². The van der Waals surface area contributed by atoms with E-state index in [1.165, 1.54) is 6.07 Å². The summed E-state index contributed by atoms with van der Waals surface area (Å²) in [6, 6.07) is 4.68. The molecule has 0 saturated heterocycles. The Morgan fingerprint density at radius 1 is 1.47 bits per heavy atom. The quantitative estimate of drug-likeness (QED) is 0.793. The molecule has 5 heteroatoms. The third kappa shape index (κ3) is 5.17. The highest BCUT2D eigenvalue weighted by molar-refractivity contribution is 9.10. The Labute approximate surface area is 109 Å². The van der Waals surface area contributed by atoms with Crippen LogP contribution in [0.1, 0.15) is 19.8 Å². The number of carbonyl (C=O) groups is 1. The molecule has 3 nitrogen and oxygen atoms in total. The van der Waals surface area contributed by atoms with Crippen LogP contribution in [0.5, 0.6) is 0 Å². The zero-order valence-electron chi connectivity index (χ0n) is 9.72. The first-order valence-corrected chi connectivity index (χ1v) is 6.38. The monoisotopic (exact) mass is 302 g/mol. The van der Waals surface area contributed by atoms with Gasteiger partial charge in [0.1, 0.15) is 5.82 Å². The highest BCUT2D eigenvalue weighted by Crippen LogP contribution is 2.18. The van der Waals surface area contributed by atoms with Gasteiger partial charge in [0.05, 0.1) is 12.2 Å². The van der Waals surface area contributed by atoms with Crippen LogP contribution in [0.25, 0.3) is 0 Å². The van der Waals surface area contributed by atoms with Crippen LogP contribution < -0.4 is 10.6 Å². The molecular weight excluding hydrogens is 287 g/mol. The highest BCUT2D eigenvalue weighted by Gasteiger charge is 2.04. The number of halogens is 2. The van der Waals surface area contributed by atoms with Gasteiger partial charge in [-0.25, -0.2) is 4.39 Å². The number of nitrogens with one attached hydrogen (secondary N) is 2. The van der Waals surface area contributed by atoms with Gasteiger partial charge in [0, 0.05) is 11.0 Å². The smallest absolute Gasteiger partial charge is 0.239 e. The molecule has 0 aliphatic carbocycles. The number of carbonyl (C=O) groups excluding carboxylic acids is 1. The Morgan fingerprint density at radius 3 is 2.88 bits per heavy atom. The molecule has 0 fully saturated rings. The van der Waals surface area contributed by atoms with Gasteiger partial charge in [0.15, 0.2) is 0 Å². The lowest BCUT2D eigenvalue weighted by Crippen LogP contribution is -2.30. The van der Waals surface area contributed by atoms with Gasteiger partial charge in [0.2, 0.25) is 5.91 Å². The molecule has 1 aromatic rings. The average molecular weight is 303 g/mol. The summed E-state index contributed by atoms with van der Waals surface area (Å²) in [5, 5.41) is 5.51. The van der Waals surface area contributed by atoms with Gasteiger partial charge in [-0.3, -0.25) is 4.79 Å². The van der Waals surface area contributed by atoms with Crippen LogP contribution in [0, 0.1) is 5.82 Å². The van der Waals surface area contributed by atoms with Crippen LogP contribution in [0.2, 0.25) is 0 Å². The molecule has 0 radical (unpaired) electrons. The Kier molecular flexibility index (Phi) is 5.97. The van der Waals surface area contributed by atoms with Crippen LogP contribution >= 0.6 is 15.9 Å². The Morgan fingerprint density at radius 2 is 2.24 bits per heavy atom. The molecule has 0 saturated carbocycles. The van der Waals surface area contributed by atoms with Gasteiger partial charge in [-0.2, -0.15) is 0 Å². The summed E-state index contributed by atoms with van der Waals surface area (Å²) in [7, 11) is 0. The largest absolute Gasteiger partial charge is 0.374 e. The maximum atomic E-state index is 13.4. The van der Waals surface area contributed by atoms with Crippen LogP contribution in [-0.2, 0) is 4.79 Å². The van der Waals surface area contributed by atoms with Crippen LogP contribution in [0.3, 0.4) is 0 Å². The van der Waals surface area contributed by atoms with E-state index in [9.17, 15) is 9.18 Å².